The Morgan fingerprint density at radius 3 is 2.33 bits per heavy atom. The molecule has 1 N–H and O–H groups in total. The first-order valence-electron chi connectivity index (χ1n) is 8.49. The van der Waals surface area contributed by atoms with Gasteiger partial charge in [0.05, 0.1) is 37.4 Å². The summed E-state index contributed by atoms with van der Waals surface area (Å²) in [7, 11) is 1.43. The van der Waals surface area contributed by atoms with Crippen LogP contribution in [0.15, 0.2) is 36.4 Å². The van der Waals surface area contributed by atoms with Crippen LogP contribution in [0, 0.1) is 10.1 Å². The summed E-state index contributed by atoms with van der Waals surface area (Å²) in [6.45, 7) is 4.72. The number of ether oxygens (including phenoxy) is 3. The minimum absolute atomic E-state index is 0.0678. The number of hydrogen-bond acceptors (Lipinski definition) is 6. The van der Waals surface area contributed by atoms with Crippen molar-refractivity contribution in [2.75, 3.05) is 25.6 Å². The lowest BCUT2D eigenvalue weighted by atomic mass is 10.1. The van der Waals surface area contributed by atoms with E-state index in [-0.39, 0.29) is 23.7 Å². The van der Waals surface area contributed by atoms with Crippen molar-refractivity contribution in [3.8, 4) is 17.2 Å². The fourth-order valence-electron chi connectivity index (χ4n) is 2.49. The number of non-ortho nitro benzene ring substituents is 1. The quantitative estimate of drug-likeness (QED) is 0.532. The van der Waals surface area contributed by atoms with Crippen LogP contribution in [-0.4, -0.2) is 31.2 Å². The molecule has 0 aliphatic heterocycles. The van der Waals surface area contributed by atoms with Gasteiger partial charge in [0.1, 0.15) is 5.75 Å². The van der Waals surface area contributed by atoms with Crippen molar-refractivity contribution in [3.63, 3.8) is 0 Å². The number of carbonyl (C=O) groups excluding carboxylic acids is 1. The van der Waals surface area contributed by atoms with Crippen molar-refractivity contribution in [1.29, 1.82) is 0 Å². The molecule has 27 heavy (non-hydrogen) atoms. The van der Waals surface area contributed by atoms with Gasteiger partial charge in [-0.3, -0.25) is 14.9 Å². The van der Waals surface area contributed by atoms with Gasteiger partial charge in [0.15, 0.2) is 11.5 Å². The molecule has 0 spiro atoms. The van der Waals surface area contributed by atoms with E-state index in [1.807, 2.05) is 13.8 Å². The van der Waals surface area contributed by atoms with Crippen molar-refractivity contribution >= 4 is 17.3 Å². The van der Waals surface area contributed by atoms with Crippen LogP contribution in [0.4, 0.5) is 11.4 Å². The summed E-state index contributed by atoms with van der Waals surface area (Å²) in [6, 6.07) is 9.30. The molecule has 0 heterocycles. The van der Waals surface area contributed by atoms with Gasteiger partial charge >= 0.3 is 0 Å². The van der Waals surface area contributed by atoms with Crippen molar-refractivity contribution < 1.29 is 23.9 Å². The minimum atomic E-state index is -0.532. The summed E-state index contributed by atoms with van der Waals surface area (Å²) >= 11 is 0. The van der Waals surface area contributed by atoms with Gasteiger partial charge in [-0.2, -0.15) is 0 Å². The predicted molar refractivity (Wildman–Crippen MR) is 101 cm³/mol. The molecule has 8 heteroatoms. The summed E-state index contributed by atoms with van der Waals surface area (Å²) in [5.41, 5.74) is 0.835. The molecule has 0 bridgehead atoms. The molecule has 0 saturated heterocycles. The molecular formula is C19H22N2O6. The van der Waals surface area contributed by atoms with Crippen LogP contribution < -0.4 is 19.5 Å². The van der Waals surface area contributed by atoms with E-state index in [4.69, 9.17) is 14.2 Å². The summed E-state index contributed by atoms with van der Waals surface area (Å²) < 4.78 is 16.2. The Labute approximate surface area is 157 Å². The second-order valence-corrected chi connectivity index (χ2v) is 5.51. The van der Waals surface area contributed by atoms with Crippen LogP contribution in [0.3, 0.4) is 0 Å². The number of nitrogens with zero attached hydrogens (tertiary/aromatic N) is 1. The molecular weight excluding hydrogens is 352 g/mol. The van der Waals surface area contributed by atoms with E-state index < -0.39 is 4.92 Å². The standard InChI is InChI=1S/C19H22N2O6/c1-4-26-17-8-6-13(10-18(17)27-5-2)11-19(22)20-15-12-14(21(23)24)7-9-16(15)25-3/h6-10,12H,4-5,11H2,1-3H3,(H,20,22). The average molecular weight is 374 g/mol. The fourth-order valence-corrected chi connectivity index (χ4v) is 2.49. The number of rotatable bonds is 9. The van der Waals surface area contributed by atoms with Gasteiger partial charge in [-0.15, -0.1) is 0 Å². The topological polar surface area (TPSA) is 99.9 Å². The van der Waals surface area contributed by atoms with Crippen LogP contribution >= 0.6 is 0 Å². The molecule has 0 radical (unpaired) electrons. The van der Waals surface area contributed by atoms with E-state index in [1.165, 1.54) is 25.3 Å². The lowest BCUT2D eigenvalue weighted by molar-refractivity contribution is -0.384. The summed E-state index contributed by atoms with van der Waals surface area (Å²) in [6.07, 6.45) is 0.0678. The Balaban J connectivity index is 2.17. The molecule has 2 aromatic carbocycles. The molecule has 0 atom stereocenters. The smallest absolute Gasteiger partial charge is 0.271 e. The highest BCUT2D eigenvalue weighted by molar-refractivity contribution is 5.94. The maximum atomic E-state index is 12.4. The number of methoxy groups -OCH3 is 1. The third-order valence-electron chi connectivity index (χ3n) is 3.64. The average Bonchev–Trinajstić information content (AvgIpc) is 2.64. The van der Waals surface area contributed by atoms with E-state index in [2.05, 4.69) is 5.32 Å². The minimum Gasteiger partial charge on any atom is -0.495 e. The van der Waals surface area contributed by atoms with Gasteiger partial charge < -0.3 is 19.5 Å². The second-order valence-electron chi connectivity index (χ2n) is 5.51. The molecule has 8 nitrogen and oxygen atoms in total. The molecule has 144 valence electrons. The van der Waals surface area contributed by atoms with Crippen LogP contribution in [-0.2, 0) is 11.2 Å². The number of amides is 1. The van der Waals surface area contributed by atoms with E-state index >= 15 is 0 Å². The molecule has 0 aliphatic rings. The van der Waals surface area contributed by atoms with Crippen molar-refractivity contribution in [1.82, 2.24) is 0 Å². The van der Waals surface area contributed by atoms with Gasteiger partial charge in [-0.05, 0) is 37.6 Å². The molecule has 0 saturated carbocycles. The highest BCUT2D eigenvalue weighted by atomic mass is 16.6. The van der Waals surface area contributed by atoms with E-state index in [0.29, 0.717) is 30.5 Å². The number of nitro benzene ring substituents is 1. The molecule has 2 aromatic rings. The maximum absolute atomic E-state index is 12.4. The van der Waals surface area contributed by atoms with Crippen LogP contribution in [0.25, 0.3) is 0 Å². The molecule has 2 rings (SSSR count). The van der Waals surface area contributed by atoms with Crippen LogP contribution in [0.2, 0.25) is 0 Å². The van der Waals surface area contributed by atoms with Gasteiger partial charge in [0.25, 0.3) is 5.69 Å². The Kier molecular flexibility index (Phi) is 6.99. The number of nitro groups is 1. The molecule has 1 amide bonds. The molecule has 0 fully saturated rings. The second kappa shape index (κ2) is 9.42. The maximum Gasteiger partial charge on any atom is 0.271 e. The molecule has 0 aliphatic carbocycles. The zero-order valence-electron chi connectivity index (χ0n) is 15.5. The molecule has 0 aromatic heterocycles. The zero-order valence-corrected chi connectivity index (χ0v) is 15.5. The van der Waals surface area contributed by atoms with Gasteiger partial charge in [-0.1, -0.05) is 6.07 Å². The van der Waals surface area contributed by atoms with Crippen molar-refractivity contribution in [2.24, 2.45) is 0 Å². The van der Waals surface area contributed by atoms with Gasteiger partial charge in [0.2, 0.25) is 5.91 Å². The fraction of sp³-hybridized carbons (Fsp3) is 0.316. The summed E-state index contributed by atoms with van der Waals surface area (Å²) in [5.74, 6) is 1.19. The van der Waals surface area contributed by atoms with E-state index in [9.17, 15) is 14.9 Å². The first-order chi connectivity index (χ1) is 13.0. The predicted octanol–water partition coefficient (Wildman–Crippen LogP) is 3.58. The number of anilines is 1. The zero-order chi connectivity index (χ0) is 19.8. The Bertz CT molecular complexity index is 822. The van der Waals surface area contributed by atoms with Crippen molar-refractivity contribution in [3.05, 3.63) is 52.1 Å². The highest BCUT2D eigenvalue weighted by Crippen LogP contribution is 2.30. The third kappa shape index (κ3) is 5.34. The number of benzene rings is 2. The van der Waals surface area contributed by atoms with E-state index in [1.54, 1.807) is 18.2 Å². The lowest BCUT2D eigenvalue weighted by Crippen LogP contribution is -2.15. The normalized spacial score (nSPS) is 10.2. The number of nitrogens with one attached hydrogen (secondary N) is 1. The van der Waals surface area contributed by atoms with Gasteiger partial charge in [0, 0.05) is 12.1 Å². The first-order valence-corrected chi connectivity index (χ1v) is 8.49. The lowest BCUT2D eigenvalue weighted by Gasteiger charge is -2.13. The highest BCUT2D eigenvalue weighted by Gasteiger charge is 2.15. The summed E-state index contributed by atoms with van der Waals surface area (Å²) in [4.78, 5) is 22.8. The Hall–Kier alpha value is -3.29. The third-order valence-corrected chi connectivity index (χ3v) is 3.64. The summed E-state index contributed by atoms with van der Waals surface area (Å²) in [5, 5.41) is 13.6. The Morgan fingerprint density at radius 2 is 1.70 bits per heavy atom. The first kappa shape index (κ1) is 20.0. The SMILES string of the molecule is CCOc1ccc(CC(=O)Nc2cc([N+](=O)[O-])ccc2OC)cc1OCC. The largest absolute Gasteiger partial charge is 0.495 e. The Morgan fingerprint density at radius 1 is 1.04 bits per heavy atom. The number of carbonyl (C=O) groups is 1. The van der Waals surface area contributed by atoms with Crippen molar-refractivity contribution in [2.45, 2.75) is 20.3 Å². The van der Waals surface area contributed by atoms with Gasteiger partial charge in [-0.25, -0.2) is 0 Å². The monoisotopic (exact) mass is 374 g/mol. The van der Waals surface area contributed by atoms with Crippen LogP contribution in [0.5, 0.6) is 17.2 Å². The molecule has 0 unspecified atom stereocenters. The van der Waals surface area contributed by atoms with Crippen LogP contribution in [0.1, 0.15) is 19.4 Å². The number of hydrogen-bond donors (Lipinski definition) is 1. The van der Waals surface area contributed by atoms with E-state index in [0.717, 1.165) is 5.56 Å².